The Labute approximate surface area is 146 Å². The molecule has 2 unspecified atom stereocenters. The molecule has 2 heterocycles. The minimum absolute atomic E-state index is 0.0903. The third-order valence-electron chi connectivity index (χ3n) is 5.42. The van der Waals surface area contributed by atoms with Gasteiger partial charge in [0, 0.05) is 24.9 Å². The maximum Gasteiger partial charge on any atom is 0.229 e. The van der Waals surface area contributed by atoms with E-state index in [-0.39, 0.29) is 17.8 Å². The van der Waals surface area contributed by atoms with Crippen molar-refractivity contribution in [2.45, 2.75) is 24.7 Å². The Balaban J connectivity index is 1.84. The predicted octanol–water partition coefficient (Wildman–Crippen LogP) is -0.161. The first-order chi connectivity index (χ1) is 12.5. The van der Waals surface area contributed by atoms with E-state index in [1.807, 2.05) is 0 Å². The van der Waals surface area contributed by atoms with E-state index in [2.05, 4.69) is 35.6 Å². The standard InChI is InChI=1S/C14H17N9O3/c1-16-10-6-11(20-13(19-10)21-22-15)23(4-18-6)7-5-3-14(5,12(26)17-2)9(25)8(7)24/h4-5,7-9,24-25H,3H2,1-2H3,(H,17,26)(H,16,19,20)/t5?,7-,8+,9?,14-/m1/s1. The van der Waals surface area contributed by atoms with Crippen LogP contribution in [0.15, 0.2) is 11.4 Å². The second-order valence-corrected chi connectivity index (χ2v) is 6.49. The number of carbonyl (C=O) groups excluding carboxylic acids is 1. The number of amides is 1. The first-order valence-electron chi connectivity index (χ1n) is 8.05. The Morgan fingerprint density at radius 3 is 2.88 bits per heavy atom. The van der Waals surface area contributed by atoms with Gasteiger partial charge in [0.15, 0.2) is 11.5 Å². The second-order valence-electron chi connectivity index (χ2n) is 6.49. The van der Waals surface area contributed by atoms with Crippen LogP contribution >= 0.6 is 0 Å². The van der Waals surface area contributed by atoms with Crippen molar-refractivity contribution in [3.8, 4) is 0 Å². The molecule has 2 aliphatic carbocycles. The van der Waals surface area contributed by atoms with E-state index >= 15 is 0 Å². The van der Waals surface area contributed by atoms with E-state index in [0.29, 0.717) is 23.4 Å². The molecule has 0 radical (unpaired) electrons. The summed E-state index contributed by atoms with van der Waals surface area (Å²) in [5.74, 6) is -0.257. The lowest BCUT2D eigenvalue weighted by Gasteiger charge is -2.23. The van der Waals surface area contributed by atoms with Gasteiger partial charge in [0.05, 0.1) is 23.9 Å². The van der Waals surface area contributed by atoms with Crippen molar-refractivity contribution < 1.29 is 15.0 Å². The Morgan fingerprint density at radius 2 is 2.23 bits per heavy atom. The van der Waals surface area contributed by atoms with Crippen LogP contribution in [0.3, 0.4) is 0 Å². The van der Waals surface area contributed by atoms with Gasteiger partial charge in [-0.05, 0) is 17.1 Å². The molecule has 0 aromatic carbocycles. The lowest BCUT2D eigenvalue weighted by molar-refractivity contribution is -0.132. The number of azide groups is 1. The zero-order valence-corrected chi connectivity index (χ0v) is 14.0. The van der Waals surface area contributed by atoms with Crippen LogP contribution in [0.4, 0.5) is 11.8 Å². The highest BCUT2D eigenvalue weighted by Gasteiger charge is 2.75. The van der Waals surface area contributed by atoms with E-state index in [1.54, 1.807) is 11.6 Å². The molecule has 12 nitrogen and oxygen atoms in total. The van der Waals surface area contributed by atoms with Crippen molar-refractivity contribution in [3.05, 3.63) is 16.8 Å². The summed E-state index contributed by atoms with van der Waals surface area (Å²) in [6.45, 7) is 0. The van der Waals surface area contributed by atoms with Crippen LogP contribution in [-0.2, 0) is 4.79 Å². The maximum absolute atomic E-state index is 12.3. The average molecular weight is 359 g/mol. The molecule has 136 valence electrons. The van der Waals surface area contributed by atoms with Gasteiger partial charge in [0.25, 0.3) is 0 Å². The number of aliphatic hydroxyl groups is 2. The Bertz CT molecular complexity index is 953. The van der Waals surface area contributed by atoms with Gasteiger partial charge in [0.1, 0.15) is 11.6 Å². The number of nitrogens with one attached hydrogen (secondary N) is 2. The number of nitrogens with zero attached hydrogens (tertiary/aromatic N) is 7. The molecule has 2 saturated carbocycles. The number of hydrogen-bond donors (Lipinski definition) is 4. The number of imidazole rings is 1. The molecule has 0 spiro atoms. The van der Waals surface area contributed by atoms with Gasteiger partial charge in [-0.15, -0.1) is 0 Å². The largest absolute Gasteiger partial charge is 0.389 e. The molecule has 4 rings (SSSR count). The van der Waals surface area contributed by atoms with Crippen LogP contribution in [0.2, 0.25) is 0 Å². The average Bonchev–Trinajstić information content (AvgIpc) is 3.18. The Hall–Kier alpha value is -2.95. The molecule has 0 aliphatic heterocycles. The summed E-state index contributed by atoms with van der Waals surface area (Å²) >= 11 is 0. The normalized spacial score (nSPS) is 32.0. The van der Waals surface area contributed by atoms with Gasteiger partial charge >= 0.3 is 0 Å². The van der Waals surface area contributed by atoms with Crippen LogP contribution in [0, 0.1) is 11.3 Å². The predicted molar refractivity (Wildman–Crippen MR) is 89.3 cm³/mol. The molecular weight excluding hydrogens is 342 g/mol. The molecule has 1 amide bonds. The molecule has 26 heavy (non-hydrogen) atoms. The van der Waals surface area contributed by atoms with E-state index < -0.39 is 23.7 Å². The number of fused-ring (bicyclic) bond motifs is 2. The fourth-order valence-corrected chi connectivity index (χ4v) is 4.17. The maximum atomic E-state index is 12.3. The molecule has 2 aromatic rings. The molecule has 4 N–H and O–H groups in total. The summed E-state index contributed by atoms with van der Waals surface area (Å²) in [7, 11) is 3.15. The van der Waals surface area contributed by atoms with Crippen LogP contribution in [0.1, 0.15) is 12.5 Å². The van der Waals surface area contributed by atoms with Crippen molar-refractivity contribution in [3.63, 3.8) is 0 Å². The van der Waals surface area contributed by atoms with Crippen LogP contribution in [-0.4, -0.2) is 61.9 Å². The van der Waals surface area contributed by atoms with E-state index in [0.717, 1.165) is 0 Å². The molecule has 5 atom stereocenters. The van der Waals surface area contributed by atoms with Gasteiger partial charge in [-0.1, -0.05) is 0 Å². The SMILES string of the molecule is CNC(=O)[C@]12CC1[C@@H](n1cnc3c(NC)nc(N=[N+]=[N-])nc31)[C@H](O)C2O. The zero-order chi connectivity index (χ0) is 18.6. The van der Waals surface area contributed by atoms with Gasteiger partial charge in [-0.3, -0.25) is 4.79 Å². The van der Waals surface area contributed by atoms with Crippen molar-refractivity contribution in [1.82, 2.24) is 24.8 Å². The van der Waals surface area contributed by atoms with Crippen LogP contribution in [0.25, 0.3) is 21.6 Å². The third kappa shape index (κ3) is 1.94. The topological polar surface area (TPSA) is 174 Å². The van der Waals surface area contributed by atoms with Gasteiger partial charge in [0.2, 0.25) is 11.9 Å². The van der Waals surface area contributed by atoms with Crippen molar-refractivity contribution in [1.29, 1.82) is 0 Å². The van der Waals surface area contributed by atoms with Gasteiger partial charge in [-0.25, -0.2) is 15.0 Å². The molecule has 12 heteroatoms. The summed E-state index contributed by atoms with van der Waals surface area (Å²) in [5, 5.41) is 29.9. The summed E-state index contributed by atoms with van der Waals surface area (Å²) < 4.78 is 1.62. The minimum atomic E-state index is -1.18. The second kappa shape index (κ2) is 5.53. The number of carbonyl (C=O) groups is 1. The molecule has 2 fully saturated rings. The fraction of sp³-hybridized carbons (Fsp3) is 0.571. The Morgan fingerprint density at radius 1 is 1.46 bits per heavy atom. The quantitative estimate of drug-likeness (QED) is 0.333. The summed E-state index contributed by atoms with van der Waals surface area (Å²) in [6, 6.07) is -0.578. The number of hydrogen-bond acceptors (Lipinski definition) is 8. The fourth-order valence-electron chi connectivity index (χ4n) is 4.17. The Kier molecular flexibility index (Phi) is 3.51. The number of aromatic nitrogens is 4. The van der Waals surface area contributed by atoms with E-state index in [9.17, 15) is 15.0 Å². The van der Waals surface area contributed by atoms with Crippen molar-refractivity contribution in [2.24, 2.45) is 16.4 Å². The molecule has 2 aromatic heterocycles. The smallest absolute Gasteiger partial charge is 0.229 e. The molecule has 2 aliphatic rings. The highest BCUT2D eigenvalue weighted by molar-refractivity contribution is 5.88. The molecule has 0 saturated heterocycles. The third-order valence-corrected chi connectivity index (χ3v) is 5.42. The van der Waals surface area contributed by atoms with Crippen LogP contribution < -0.4 is 10.6 Å². The van der Waals surface area contributed by atoms with Gasteiger partial charge in [-0.2, -0.15) is 0 Å². The van der Waals surface area contributed by atoms with E-state index in [1.165, 1.54) is 13.4 Å². The zero-order valence-electron chi connectivity index (χ0n) is 14.0. The first-order valence-corrected chi connectivity index (χ1v) is 8.05. The summed E-state index contributed by atoms with van der Waals surface area (Å²) in [6.07, 6.45) is -0.391. The number of aliphatic hydroxyl groups excluding tert-OH is 2. The molecule has 0 bridgehead atoms. The number of anilines is 1. The monoisotopic (exact) mass is 359 g/mol. The van der Waals surface area contributed by atoms with Crippen LogP contribution in [0.5, 0.6) is 0 Å². The number of rotatable bonds is 4. The molecular formula is C14H17N9O3. The van der Waals surface area contributed by atoms with Gasteiger partial charge < -0.3 is 25.4 Å². The van der Waals surface area contributed by atoms with E-state index in [4.69, 9.17) is 5.53 Å². The first kappa shape index (κ1) is 16.5. The summed E-state index contributed by atoms with van der Waals surface area (Å²) in [4.78, 5) is 27.5. The lowest BCUT2D eigenvalue weighted by Crippen LogP contribution is -2.41. The van der Waals surface area contributed by atoms with Crippen molar-refractivity contribution in [2.75, 3.05) is 19.4 Å². The highest BCUT2D eigenvalue weighted by Crippen LogP contribution is 2.67. The highest BCUT2D eigenvalue weighted by atomic mass is 16.3. The van der Waals surface area contributed by atoms with Crippen molar-refractivity contribution >= 4 is 28.8 Å². The lowest BCUT2D eigenvalue weighted by atomic mass is 9.98. The summed E-state index contributed by atoms with van der Waals surface area (Å²) in [5.41, 5.74) is 8.44. The minimum Gasteiger partial charge on any atom is -0.389 e.